The molecule has 4 aromatic rings. The van der Waals surface area contributed by atoms with Gasteiger partial charge in [0, 0.05) is 44.5 Å². The zero-order valence-corrected chi connectivity index (χ0v) is 20.8. The molecule has 0 aliphatic carbocycles. The first kappa shape index (κ1) is 23.9. The van der Waals surface area contributed by atoms with E-state index in [-0.39, 0.29) is 5.91 Å². The van der Waals surface area contributed by atoms with Gasteiger partial charge in [0.15, 0.2) is 0 Å². The van der Waals surface area contributed by atoms with Crippen LogP contribution in [0.3, 0.4) is 0 Å². The lowest BCUT2D eigenvalue weighted by atomic mass is 10.2. The number of nitrogens with zero attached hydrogens (tertiary/aromatic N) is 5. The standard InChI is InChI=1S/C26H27N7O2S/c1-3-23(34)28-18-5-4-6-21(15-18)35-25-24-22(9-14-36-24)30-26(31-25)29-19-7-8-20(27-16-19)17-33-12-10-32(2)11-13-33/h3-9,14-16H,1,10-13,17H2,2H3,(H,28,34)(H,29,30,31). The third kappa shape index (κ3) is 5.85. The van der Waals surface area contributed by atoms with E-state index in [0.717, 1.165) is 54.3 Å². The van der Waals surface area contributed by atoms with E-state index in [1.807, 2.05) is 23.6 Å². The highest BCUT2D eigenvalue weighted by Gasteiger charge is 2.15. The molecular formula is C26H27N7O2S. The number of amides is 1. The van der Waals surface area contributed by atoms with Crippen molar-refractivity contribution in [2.75, 3.05) is 43.9 Å². The van der Waals surface area contributed by atoms with E-state index in [1.54, 1.807) is 30.5 Å². The second kappa shape index (κ2) is 10.8. The Morgan fingerprint density at radius 3 is 2.78 bits per heavy atom. The normalized spacial score (nSPS) is 14.5. The Morgan fingerprint density at radius 1 is 1.14 bits per heavy atom. The number of nitrogens with one attached hydrogen (secondary N) is 2. The van der Waals surface area contributed by atoms with Crippen molar-refractivity contribution in [1.29, 1.82) is 0 Å². The summed E-state index contributed by atoms with van der Waals surface area (Å²) in [7, 11) is 2.16. The maximum atomic E-state index is 11.6. The van der Waals surface area contributed by atoms with Gasteiger partial charge in [-0.05, 0) is 48.8 Å². The van der Waals surface area contributed by atoms with Crippen LogP contribution in [0.2, 0.25) is 0 Å². The number of hydrogen-bond acceptors (Lipinski definition) is 9. The predicted octanol–water partition coefficient (Wildman–Crippen LogP) is 4.49. The number of fused-ring (bicyclic) bond motifs is 1. The van der Waals surface area contributed by atoms with E-state index < -0.39 is 0 Å². The minimum absolute atomic E-state index is 0.288. The summed E-state index contributed by atoms with van der Waals surface area (Å²) in [5.41, 5.74) is 3.22. The molecule has 1 aliphatic heterocycles. The van der Waals surface area contributed by atoms with E-state index in [4.69, 9.17) is 4.74 Å². The summed E-state index contributed by atoms with van der Waals surface area (Å²) < 4.78 is 6.95. The van der Waals surface area contributed by atoms with Gasteiger partial charge in [0.25, 0.3) is 0 Å². The average molecular weight is 502 g/mol. The van der Waals surface area contributed by atoms with Crippen molar-refractivity contribution in [3.05, 3.63) is 72.4 Å². The van der Waals surface area contributed by atoms with Crippen LogP contribution in [0.4, 0.5) is 17.3 Å². The number of aromatic nitrogens is 3. The highest BCUT2D eigenvalue weighted by Crippen LogP contribution is 2.33. The third-order valence-corrected chi connectivity index (χ3v) is 6.73. The van der Waals surface area contributed by atoms with Crippen molar-refractivity contribution in [2.24, 2.45) is 0 Å². The van der Waals surface area contributed by atoms with Crippen molar-refractivity contribution in [3.63, 3.8) is 0 Å². The number of pyridine rings is 1. The van der Waals surface area contributed by atoms with Gasteiger partial charge < -0.3 is 20.3 Å². The first-order valence-corrected chi connectivity index (χ1v) is 12.5. The first-order valence-electron chi connectivity index (χ1n) is 11.6. The molecule has 36 heavy (non-hydrogen) atoms. The molecule has 1 fully saturated rings. The number of benzene rings is 1. The van der Waals surface area contributed by atoms with Crippen LogP contribution in [0.5, 0.6) is 11.6 Å². The van der Waals surface area contributed by atoms with E-state index >= 15 is 0 Å². The Kier molecular flexibility index (Phi) is 7.17. The number of carbonyl (C=O) groups excluding carboxylic acids is 1. The molecule has 0 unspecified atom stereocenters. The molecule has 4 heterocycles. The molecule has 3 aromatic heterocycles. The fourth-order valence-corrected chi connectivity index (χ4v) is 4.62. The van der Waals surface area contributed by atoms with Gasteiger partial charge >= 0.3 is 0 Å². The largest absolute Gasteiger partial charge is 0.437 e. The second-order valence-electron chi connectivity index (χ2n) is 8.55. The summed E-state index contributed by atoms with van der Waals surface area (Å²) in [4.78, 5) is 30.3. The second-order valence-corrected chi connectivity index (χ2v) is 9.47. The lowest BCUT2D eigenvalue weighted by Gasteiger charge is -2.32. The minimum Gasteiger partial charge on any atom is -0.437 e. The van der Waals surface area contributed by atoms with Crippen LogP contribution in [-0.2, 0) is 11.3 Å². The lowest BCUT2D eigenvalue weighted by Crippen LogP contribution is -2.43. The number of likely N-dealkylation sites (N-methyl/N-ethyl adjacent to an activating group) is 1. The number of ether oxygens (including phenoxy) is 1. The fourth-order valence-electron chi connectivity index (χ4n) is 3.86. The Morgan fingerprint density at radius 2 is 2.00 bits per heavy atom. The first-order chi connectivity index (χ1) is 17.6. The summed E-state index contributed by atoms with van der Waals surface area (Å²) in [5, 5.41) is 7.93. The summed E-state index contributed by atoms with van der Waals surface area (Å²) >= 11 is 1.50. The number of rotatable bonds is 8. The van der Waals surface area contributed by atoms with Crippen molar-refractivity contribution < 1.29 is 9.53 Å². The summed E-state index contributed by atoms with van der Waals surface area (Å²) in [6, 6.07) is 13.1. The molecule has 0 atom stereocenters. The minimum atomic E-state index is -0.288. The summed E-state index contributed by atoms with van der Waals surface area (Å²) in [5.74, 6) is 1.11. The third-order valence-electron chi connectivity index (χ3n) is 5.84. The zero-order chi connectivity index (χ0) is 24.9. The molecule has 184 valence electrons. The van der Waals surface area contributed by atoms with E-state index in [0.29, 0.717) is 23.3 Å². The van der Waals surface area contributed by atoms with E-state index in [9.17, 15) is 4.79 Å². The molecular weight excluding hydrogens is 474 g/mol. The smallest absolute Gasteiger partial charge is 0.247 e. The maximum absolute atomic E-state index is 11.6. The quantitative estimate of drug-likeness (QED) is 0.341. The molecule has 10 heteroatoms. The van der Waals surface area contributed by atoms with Crippen molar-refractivity contribution in [1.82, 2.24) is 24.8 Å². The zero-order valence-electron chi connectivity index (χ0n) is 20.0. The highest BCUT2D eigenvalue weighted by atomic mass is 32.1. The fraction of sp³-hybridized carbons (Fsp3) is 0.231. The number of carbonyl (C=O) groups is 1. The van der Waals surface area contributed by atoms with E-state index in [2.05, 4.69) is 49.0 Å². The van der Waals surface area contributed by atoms with Gasteiger partial charge in [0.2, 0.25) is 17.7 Å². The average Bonchev–Trinajstić information content (AvgIpc) is 3.36. The van der Waals surface area contributed by atoms with Crippen LogP contribution < -0.4 is 15.4 Å². The lowest BCUT2D eigenvalue weighted by molar-refractivity contribution is -0.111. The summed E-state index contributed by atoms with van der Waals surface area (Å²) in [6.07, 6.45) is 3.03. The highest BCUT2D eigenvalue weighted by molar-refractivity contribution is 7.17. The van der Waals surface area contributed by atoms with Gasteiger partial charge in [0.1, 0.15) is 10.4 Å². The van der Waals surface area contributed by atoms with Crippen molar-refractivity contribution in [3.8, 4) is 11.6 Å². The summed E-state index contributed by atoms with van der Waals surface area (Å²) in [6.45, 7) is 8.60. The molecule has 0 bridgehead atoms. The van der Waals surface area contributed by atoms with Crippen molar-refractivity contribution in [2.45, 2.75) is 6.54 Å². The topological polar surface area (TPSA) is 95.5 Å². The van der Waals surface area contributed by atoms with Crippen LogP contribution >= 0.6 is 11.3 Å². The Balaban J connectivity index is 1.31. The molecule has 1 aromatic carbocycles. The predicted molar refractivity (Wildman–Crippen MR) is 143 cm³/mol. The SMILES string of the molecule is C=CC(=O)Nc1cccc(Oc2nc(Nc3ccc(CN4CCN(C)CC4)nc3)nc3ccsc23)c1. The van der Waals surface area contributed by atoms with Crippen LogP contribution in [0, 0.1) is 0 Å². The maximum Gasteiger partial charge on any atom is 0.247 e. The van der Waals surface area contributed by atoms with E-state index in [1.165, 1.54) is 17.4 Å². The van der Waals surface area contributed by atoms with Gasteiger partial charge in [-0.3, -0.25) is 14.7 Å². The number of piperazine rings is 1. The van der Waals surface area contributed by atoms with Gasteiger partial charge in [-0.2, -0.15) is 4.98 Å². The number of hydrogen-bond donors (Lipinski definition) is 2. The molecule has 1 saturated heterocycles. The monoisotopic (exact) mass is 501 g/mol. The molecule has 5 rings (SSSR count). The molecule has 9 nitrogen and oxygen atoms in total. The molecule has 0 radical (unpaired) electrons. The van der Waals surface area contributed by atoms with Crippen LogP contribution in [-0.4, -0.2) is 63.9 Å². The molecule has 1 amide bonds. The Bertz CT molecular complexity index is 1360. The Hall–Kier alpha value is -3.86. The molecule has 0 spiro atoms. The van der Waals surface area contributed by atoms with Crippen LogP contribution in [0.25, 0.3) is 10.2 Å². The van der Waals surface area contributed by atoms with Gasteiger partial charge in [-0.1, -0.05) is 12.6 Å². The van der Waals surface area contributed by atoms with Gasteiger partial charge in [-0.25, -0.2) is 4.98 Å². The molecule has 0 saturated carbocycles. The van der Waals surface area contributed by atoms with Crippen molar-refractivity contribution >= 4 is 44.8 Å². The molecule has 2 N–H and O–H groups in total. The van der Waals surface area contributed by atoms with Gasteiger partial charge in [-0.15, -0.1) is 11.3 Å². The number of thiophene rings is 1. The number of anilines is 3. The van der Waals surface area contributed by atoms with Crippen LogP contribution in [0.15, 0.2) is 66.7 Å². The van der Waals surface area contributed by atoms with Crippen LogP contribution in [0.1, 0.15) is 5.69 Å². The van der Waals surface area contributed by atoms with Gasteiger partial charge in [0.05, 0.1) is 23.1 Å². The Labute approximate surface area is 213 Å². The molecule has 1 aliphatic rings.